The maximum atomic E-state index is 13.0. The molecule has 1 aliphatic heterocycles. The molecule has 1 N–H and O–H groups in total. The van der Waals surface area contributed by atoms with Gasteiger partial charge < -0.3 is 14.7 Å². The van der Waals surface area contributed by atoms with E-state index in [2.05, 4.69) is 5.10 Å². The predicted molar refractivity (Wildman–Crippen MR) is 111 cm³/mol. The van der Waals surface area contributed by atoms with Gasteiger partial charge in [0.15, 0.2) is 9.84 Å². The van der Waals surface area contributed by atoms with Crippen LogP contribution in [0, 0.1) is 0 Å². The van der Waals surface area contributed by atoms with Crippen LogP contribution in [0.4, 0.5) is 5.69 Å². The summed E-state index contributed by atoms with van der Waals surface area (Å²) in [6.45, 7) is 6.80. The summed E-state index contributed by atoms with van der Waals surface area (Å²) in [5.74, 6) is -0.556. The largest absolute Gasteiger partial charge is 0.372 e. The van der Waals surface area contributed by atoms with Crippen molar-refractivity contribution in [3.8, 4) is 0 Å². The Labute approximate surface area is 174 Å². The lowest BCUT2D eigenvalue weighted by Gasteiger charge is -2.38. The third-order valence-corrected chi connectivity index (χ3v) is 6.37. The highest BCUT2D eigenvalue weighted by Gasteiger charge is 2.31. The van der Waals surface area contributed by atoms with Crippen LogP contribution >= 0.6 is 11.6 Å². The van der Waals surface area contributed by atoms with Crippen molar-refractivity contribution in [1.29, 1.82) is 0 Å². The first-order valence-corrected chi connectivity index (χ1v) is 11.6. The van der Waals surface area contributed by atoms with Gasteiger partial charge in [-0.05, 0) is 32.9 Å². The molecule has 2 atom stereocenters. The summed E-state index contributed by atoms with van der Waals surface area (Å²) >= 11 is 6.60. The third-order valence-electron chi connectivity index (χ3n) is 4.86. The fourth-order valence-corrected chi connectivity index (χ4v) is 4.95. The van der Waals surface area contributed by atoms with E-state index >= 15 is 0 Å². The highest BCUT2D eigenvalue weighted by atomic mass is 35.5. The van der Waals surface area contributed by atoms with Crippen LogP contribution < -0.4 is 10.5 Å². The molecule has 29 heavy (non-hydrogen) atoms. The highest BCUT2D eigenvalue weighted by Crippen LogP contribution is 2.38. The lowest BCUT2D eigenvalue weighted by atomic mass is 10.0. The number of halogens is 1. The monoisotopic (exact) mass is 441 g/mol. The number of benzene rings is 1. The topological polar surface area (TPSA) is 101 Å². The quantitative estimate of drug-likeness (QED) is 0.713. The second-order valence-corrected chi connectivity index (χ2v) is 9.64. The van der Waals surface area contributed by atoms with E-state index in [0.29, 0.717) is 19.6 Å². The number of morpholine rings is 1. The van der Waals surface area contributed by atoms with Crippen LogP contribution in [0.25, 0.3) is 0 Å². The van der Waals surface area contributed by atoms with Crippen molar-refractivity contribution in [2.75, 3.05) is 24.2 Å². The molecule has 1 aromatic heterocycles. The van der Waals surface area contributed by atoms with Gasteiger partial charge in [-0.25, -0.2) is 8.42 Å². The molecule has 3 rings (SSSR count). The Morgan fingerprint density at radius 1 is 1.24 bits per heavy atom. The van der Waals surface area contributed by atoms with Crippen molar-refractivity contribution < 1.29 is 17.9 Å². The lowest BCUT2D eigenvalue weighted by molar-refractivity contribution is -0.00536. The van der Waals surface area contributed by atoms with Gasteiger partial charge in [0.2, 0.25) is 5.78 Å². The van der Waals surface area contributed by atoms with E-state index in [0.717, 1.165) is 6.26 Å². The molecule has 8 nitrogen and oxygen atoms in total. The van der Waals surface area contributed by atoms with E-state index in [1.807, 2.05) is 18.7 Å². The van der Waals surface area contributed by atoms with E-state index in [4.69, 9.17) is 16.3 Å². The summed E-state index contributed by atoms with van der Waals surface area (Å²) in [7, 11) is -3.61. The maximum Gasteiger partial charge on any atom is 0.277 e. The first-order chi connectivity index (χ1) is 13.5. The molecule has 0 spiro atoms. The number of nitrogens with one attached hydrogen (secondary N) is 1. The number of aryl methyl sites for hydroxylation is 1. The van der Waals surface area contributed by atoms with Gasteiger partial charge in [-0.3, -0.25) is 14.3 Å². The van der Waals surface area contributed by atoms with E-state index in [1.54, 1.807) is 6.92 Å². The van der Waals surface area contributed by atoms with Gasteiger partial charge in [0, 0.05) is 37.7 Å². The minimum atomic E-state index is -3.61. The van der Waals surface area contributed by atoms with Crippen LogP contribution in [-0.4, -0.2) is 55.5 Å². The molecule has 0 aliphatic carbocycles. The number of hydrogen-bond donors (Lipinski definition) is 1. The molecule has 10 heteroatoms. The lowest BCUT2D eigenvalue weighted by Crippen LogP contribution is -2.46. The van der Waals surface area contributed by atoms with E-state index < -0.39 is 21.2 Å². The van der Waals surface area contributed by atoms with Crippen molar-refractivity contribution in [2.45, 2.75) is 44.4 Å². The number of carbonyl (C=O) groups is 1. The van der Waals surface area contributed by atoms with Crippen molar-refractivity contribution in [3.05, 3.63) is 44.8 Å². The normalized spacial score (nSPS) is 20.1. The predicted octanol–water partition coefficient (Wildman–Crippen LogP) is 2.10. The number of H-pyrrole nitrogens is 1. The molecule has 0 amide bonds. The van der Waals surface area contributed by atoms with Crippen LogP contribution in [-0.2, 0) is 21.1 Å². The molecular formula is C19H24ClN3O5S. The number of carbonyl (C=O) groups excluding carboxylic acids is 1. The number of hydrogen-bond acceptors (Lipinski definition) is 6. The number of aromatic nitrogens is 2. The molecule has 1 fully saturated rings. The Bertz CT molecular complexity index is 1100. The van der Waals surface area contributed by atoms with Gasteiger partial charge in [-0.1, -0.05) is 11.6 Å². The molecule has 1 aliphatic rings. The zero-order valence-electron chi connectivity index (χ0n) is 16.7. The number of ether oxygens (including phenoxy) is 1. The molecule has 1 saturated heterocycles. The van der Waals surface area contributed by atoms with Gasteiger partial charge >= 0.3 is 0 Å². The van der Waals surface area contributed by atoms with Gasteiger partial charge in [0.1, 0.15) is 5.56 Å². The number of aromatic amines is 1. The zero-order chi connectivity index (χ0) is 21.5. The molecule has 1 aromatic carbocycles. The van der Waals surface area contributed by atoms with Gasteiger partial charge in [-0.15, -0.1) is 0 Å². The van der Waals surface area contributed by atoms with E-state index in [1.165, 1.54) is 23.0 Å². The number of sulfone groups is 1. The van der Waals surface area contributed by atoms with Crippen molar-refractivity contribution in [2.24, 2.45) is 0 Å². The van der Waals surface area contributed by atoms with Crippen LogP contribution in [0.2, 0.25) is 5.02 Å². The number of ketones is 1. The Balaban J connectivity index is 2.17. The first kappa shape index (κ1) is 21.6. The molecule has 2 heterocycles. The van der Waals surface area contributed by atoms with E-state index in [9.17, 15) is 18.0 Å². The summed E-state index contributed by atoms with van der Waals surface area (Å²) in [5.41, 5.74) is -0.139. The average molecular weight is 442 g/mol. The Hall–Kier alpha value is -2.10. The molecular weight excluding hydrogens is 418 g/mol. The van der Waals surface area contributed by atoms with Crippen LogP contribution in [0.3, 0.4) is 0 Å². The summed E-state index contributed by atoms with van der Waals surface area (Å²) in [6.07, 6.45) is 2.17. The number of nitrogens with zero attached hydrogens (tertiary/aromatic N) is 2. The minimum absolute atomic E-state index is 0.0165. The van der Waals surface area contributed by atoms with Gasteiger partial charge in [0.05, 0.1) is 27.8 Å². The number of rotatable bonds is 5. The first-order valence-electron chi connectivity index (χ1n) is 9.30. The minimum Gasteiger partial charge on any atom is -0.372 e. The molecule has 2 unspecified atom stereocenters. The molecule has 158 valence electrons. The molecule has 2 aromatic rings. The summed E-state index contributed by atoms with van der Waals surface area (Å²) in [4.78, 5) is 27.3. The maximum absolute atomic E-state index is 13.0. The molecule has 0 radical (unpaired) electrons. The SMILES string of the molecule is CCn1[nH]cc(C(=O)c2ccc(S(C)(=O)=O)c(N3CC(C)OC(C)C3)c2Cl)c1=O. The number of anilines is 1. The summed E-state index contributed by atoms with van der Waals surface area (Å²) < 4.78 is 31.8. The third kappa shape index (κ3) is 4.12. The molecule has 0 bridgehead atoms. The van der Waals surface area contributed by atoms with Crippen molar-refractivity contribution in [1.82, 2.24) is 9.78 Å². The zero-order valence-corrected chi connectivity index (χ0v) is 18.3. The van der Waals surface area contributed by atoms with Crippen molar-refractivity contribution in [3.63, 3.8) is 0 Å². The fraction of sp³-hybridized carbons (Fsp3) is 0.474. The second-order valence-electron chi connectivity index (χ2n) is 7.27. The average Bonchev–Trinajstić information content (AvgIpc) is 2.99. The van der Waals surface area contributed by atoms with Crippen LogP contribution in [0.5, 0.6) is 0 Å². The van der Waals surface area contributed by atoms with Crippen LogP contribution in [0.15, 0.2) is 28.0 Å². The Kier molecular flexibility index (Phi) is 5.93. The summed E-state index contributed by atoms with van der Waals surface area (Å²) in [5, 5.41) is 2.75. The Morgan fingerprint density at radius 3 is 2.38 bits per heavy atom. The smallest absolute Gasteiger partial charge is 0.277 e. The van der Waals surface area contributed by atoms with Gasteiger partial charge in [-0.2, -0.15) is 0 Å². The summed E-state index contributed by atoms with van der Waals surface area (Å²) in [6, 6.07) is 2.74. The molecule has 0 saturated carbocycles. The van der Waals surface area contributed by atoms with Crippen LogP contribution in [0.1, 0.15) is 36.7 Å². The van der Waals surface area contributed by atoms with Crippen molar-refractivity contribution >= 4 is 32.9 Å². The standard InChI is InChI=1S/C19H24ClN3O5S/c1-5-23-19(25)14(8-21-23)18(24)13-6-7-15(29(4,26)27)17(16(13)20)22-9-11(2)28-12(3)10-22/h6-8,11-12,21H,5,9-10H2,1-4H3. The van der Waals surface area contributed by atoms with E-state index in [-0.39, 0.29) is 38.9 Å². The second kappa shape index (κ2) is 7.97. The Morgan fingerprint density at radius 2 is 1.86 bits per heavy atom. The fourth-order valence-electron chi connectivity index (χ4n) is 3.63. The highest BCUT2D eigenvalue weighted by molar-refractivity contribution is 7.90. The van der Waals surface area contributed by atoms with Gasteiger partial charge in [0.25, 0.3) is 5.56 Å².